The lowest BCUT2D eigenvalue weighted by atomic mass is 10.3. The molecule has 1 amide bonds. The summed E-state index contributed by atoms with van der Waals surface area (Å²) in [6, 6.07) is 3.69. The van der Waals surface area contributed by atoms with E-state index in [1.54, 1.807) is 4.90 Å². The minimum Gasteiger partial charge on any atom is -0.396 e. The Morgan fingerprint density at radius 3 is 2.80 bits per heavy atom. The molecule has 1 heterocycles. The van der Waals surface area contributed by atoms with Gasteiger partial charge >= 0.3 is 0 Å². The molecule has 15 heavy (non-hydrogen) atoms. The maximum atomic E-state index is 11.9. The number of aliphatic hydroxyl groups is 1. The van der Waals surface area contributed by atoms with Crippen LogP contribution in [0.1, 0.15) is 23.0 Å². The molecule has 0 radical (unpaired) electrons. The summed E-state index contributed by atoms with van der Waals surface area (Å²) in [6.07, 6.45) is 0.631. The topological polar surface area (TPSA) is 40.5 Å². The third-order valence-electron chi connectivity index (χ3n) is 2.04. The molecule has 0 bridgehead atoms. The Balaban J connectivity index is 2.64. The van der Waals surface area contributed by atoms with Gasteiger partial charge in [-0.2, -0.15) is 0 Å². The van der Waals surface area contributed by atoms with Crippen LogP contribution in [-0.4, -0.2) is 35.6 Å². The number of thiophene rings is 1. The molecule has 0 atom stereocenters. The molecule has 0 aliphatic heterocycles. The molecule has 5 heteroatoms. The van der Waals surface area contributed by atoms with Crippen molar-refractivity contribution >= 4 is 33.2 Å². The van der Waals surface area contributed by atoms with E-state index in [0.29, 0.717) is 19.5 Å². The van der Waals surface area contributed by atoms with Crippen molar-refractivity contribution in [3.05, 3.63) is 20.8 Å². The zero-order valence-electron chi connectivity index (χ0n) is 8.57. The summed E-state index contributed by atoms with van der Waals surface area (Å²) in [5, 5.41) is 8.72. The molecule has 0 saturated heterocycles. The van der Waals surface area contributed by atoms with Gasteiger partial charge in [0.05, 0.1) is 8.66 Å². The van der Waals surface area contributed by atoms with Crippen molar-refractivity contribution in [3.8, 4) is 0 Å². The molecule has 0 fully saturated rings. The van der Waals surface area contributed by atoms with Crippen molar-refractivity contribution in [3.63, 3.8) is 0 Å². The molecule has 0 saturated carbocycles. The molecule has 0 aromatic carbocycles. The third-order valence-corrected chi connectivity index (χ3v) is 3.65. The average Bonchev–Trinajstić information content (AvgIpc) is 2.65. The molecule has 0 unspecified atom stereocenters. The van der Waals surface area contributed by atoms with Crippen LogP contribution in [0.2, 0.25) is 0 Å². The van der Waals surface area contributed by atoms with E-state index in [1.807, 2.05) is 19.1 Å². The summed E-state index contributed by atoms with van der Waals surface area (Å²) in [6.45, 7) is 3.35. The Morgan fingerprint density at radius 2 is 2.33 bits per heavy atom. The molecule has 1 N–H and O–H groups in total. The van der Waals surface area contributed by atoms with E-state index in [4.69, 9.17) is 5.11 Å². The molecule has 0 aliphatic carbocycles. The highest BCUT2D eigenvalue weighted by Gasteiger charge is 2.15. The fourth-order valence-electron chi connectivity index (χ4n) is 1.25. The van der Waals surface area contributed by atoms with Gasteiger partial charge in [0.25, 0.3) is 5.91 Å². The van der Waals surface area contributed by atoms with Gasteiger partial charge in [-0.15, -0.1) is 11.3 Å². The molecular formula is C10H14BrNO2S. The number of rotatable bonds is 5. The molecule has 84 valence electrons. The summed E-state index contributed by atoms with van der Waals surface area (Å²) in [5.74, 6) is 0.0432. The van der Waals surface area contributed by atoms with Crippen molar-refractivity contribution in [2.75, 3.05) is 19.7 Å². The van der Waals surface area contributed by atoms with E-state index in [-0.39, 0.29) is 12.5 Å². The van der Waals surface area contributed by atoms with Crippen LogP contribution in [-0.2, 0) is 0 Å². The Morgan fingerprint density at radius 1 is 1.60 bits per heavy atom. The van der Waals surface area contributed by atoms with Crippen molar-refractivity contribution in [2.24, 2.45) is 0 Å². The maximum Gasteiger partial charge on any atom is 0.263 e. The summed E-state index contributed by atoms with van der Waals surface area (Å²) in [7, 11) is 0. The first-order valence-electron chi connectivity index (χ1n) is 4.84. The Bertz CT molecular complexity index is 327. The van der Waals surface area contributed by atoms with Crippen molar-refractivity contribution in [1.82, 2.24) is 4.90 Å². The van der Waals surface area contributed by atoms with Crippen molar-refractivity contribution < 1.29 is 9.90 Å². The number of hydrogen-bond donors (Lipinski definition) is 1. The van der Waals surface area contributed by atoms with Crippen LogP contribution < -0.4 is 0 Å². The summed E-state index contributed by atoms with van der Waals surface area (Å²) in [4.78, 5) is 14.4. The number of nitrogens with zero attached hydrogens (tertiary/aromatic N) is 1. The Hall–Kier alpha value is -0.390. The minimum atomic E-state index is 0.0432. The predicted molar refractivity (Wildman–Crippen MR) is 65.3 cm³/mol. The lowest BCUT2D eigenvalue weighted by Gasteiger charge is -2.19. The first kappa shape index (κ1) is 12.7. The number of carbonyl (C=O) groups excluding carboxylic acids is 1. The molecular weight excluding hydrogens is 278 g/mol. The molecule has 1 aromatic heterocycles. The van der Waals surface area contributed by atoms with Gasteiger partial charge in [0, 0.05) is 19.7 Å². The highest BCUT2D eigenvalue weighted by Crippen LogP contribution is 2.23. The summed E-state index contributed by atoms with van der Waals surface area (Å²) < 4.78 is 0.962. The maximum absolute atomic E-state index is 11.9. The smallest absolute Gasteiger partial charge is 0.263 e. The van der Waals surface area contributed by atoms with Crippen LogP contribution in [0.15, 0.2) is 15.9 Å². The normalized spacial score (nSPS) is 10.3. The lowest BCUT2D eigenvalue weighted by Crippen LogP contribution is -2.31. The number of carbonyl (C=O) groups is 1. The minimum absolute atomic E-state index is 0.0432. The van der Waals surface area contributed by atoms with E-state index >= 15 is 0 Å². The van der Waals surface area contributed by atoms with Gasteiger partial charge in [0.1, 0.15) is 0 Å². The molecule has 3 nitrogen and oxygen atoms in total. The van der Waals surface area contributed by atoms with E-state index in [2.05, 4.69) is 15.9 Å². The number of amides is 1. The second-order valence-corrected chi connectivity index (χ2v) is 5.53. The molecule has 0 spiro atoms. The van der Waals surface area contributed by atoms with Gasteiger partial charge in [0.15, 0.2) is 0 Å². The fraction of sp³-hybridized carbons (Fsp3) is 0.500. The number of hydrogen-bond acceptors (Lipinski definition) is 3. The van der Waals surface area contributed by atoms with Gasteiger partial charge in [-0.1, -0.05) is 0 Å². The van der Waals surface area contributed by atoms with Gasteiger partial charge in [0.2, 0.25) is 0 Å². The van der Waals surface area contributed by atoms with Crippen molar-refractivity contribution in [1.29, 1.82) is 0 Å². The molecule has 0 aliphatic rings. The second-order valence-electron chi connectivity index (χ2n) is 3.07. The first-order valence-corrected chi connectivity index (χ1v) is 6.45. The van der Waals surface area contributed by atoms with Gasteiger partial charge < -0.3 is 10.0 Å². The summed E-state index contributed by atoms with van der Waals surface area (Å²) in [5.41, 5.74) is 0. The van der Waals surface area contributed by atoms with Crippen LogP contribution in [0, 0.1) is 0 Å². The fourth-order valence-corrected chi connectivity index (χ4v) is 2.60. The van der Waals surface area contributed by atoms with E-state index in [9.17, 15) is 4.79 Å². The second kappa shape index (κ2) is 6.25. The third kappa shape index (κ3) is 3.59. The predicted octanol–water partition coefficient (Wildman–Crippen LogP) is 2.36. The highest BCUT2D eigenvalue weighted by atomic mass is 79.9. The SMILES string of the molecule is CCN(CCCO)C(=O)c1ccc(Br)s1. The molecule has 1 rings (SSSR count). The zero-order valence-corrected chi connectivity index (χ0v) is 11.0. The van der Waals surface area contributed by atoms with Crippen LogP contribution in [0.3, 0.4) is 0 Å². The standard InChI is InChI=1S/C10H14BrNO2S/c1-2-12(6-3-7-13)10(14)8-4-5-9(11)15-8/h4-5,13H,2-3,6-7H2,1H3. The number of halogens is 1. The van der Waals surface area contributed by atoms with Crippen LogP contribution >= 0.6 is 27.3 Å². The van der Waals surface area contributed by atoms with Crippen LogP contribution in [0.4, 0.5) is 0 Å². The van der Waals surface area contributed by atoms with Gasteiger partial charge in [-0.25, -0.2) is 0 Å². The van der Waals surface area contributed by atoms with Crippen LogP contribution in [0.25, 0.3) is 0 Å². The van der Waals surface area contributed by atoms with Gasteiger partial charge in [-0.05, 0) is 41.4 Å². The first-order chi connectivity index (χ1) is 7.19. The van der Waals surface area contributed by atoms with E-state index in [1.165, 1.54) is 11.3 Å². The van der Waals surface area contributed by atoms with E-state index in [0.717, 1.165) is 8.66 Å². The Labute approximate surface area is 102 Å². The summed E-state index contributed by atoms with van der Waals surface area (Å²) >= 11 is 4.77. The van der Waals surface area contributed by atoms with Crippen molar-refractivity contribution in [2.45, 2.75) is 13.3 Å². The Kier molecular flexibility index (Phi) is 5.28. The van der Waals surface area contributed by atoms with E-state index < -0.39 is 0 Å². The quantitative estimate of drug-likeness (QED) is 0.905. The number of aliphatic hydroxyl groups excluding tert-OH is 1. The largest absolute Gasteiger partial charge is 0.396 e. The zero-order chi connectivity index (χ0) is 11.3. The average molecular weight is 292 g/mol. The van der Waals surface area contributed by atoms with Crippen LogP contribution in [0.5, 0.6) is 0 Å². The van der Waals surface area contributed by atoms with Gasteiger partial charge in [-0.3, -0.25) is 4.79 Å². The molecule has 1 aromatic rings. The monoisotopic (exact) mass is 291 g/mol. The highest BCUT2D eigenvalue weighted by molar-refractivity contribution is 9.11. The lowest BCUT2D eigenvalue weighted by molar-refractivity contribution is 0.0759.